The predicted octanol–water partition coefficient (Wildman–Crippen LogP) is 13.3. The Labute approximate surface area is 333 Å². The van der Waals surface area contributed by atoms with Crippen molar-refractivity contribution in [1.82, 2.24) is 4.98 Å². The lowest BCUT2D eigenvalue weighted by atomic mass is 9.85. The molecule has 274 valence electrons. The van der Waals surface area contributed by atoms with Crippen molar-refractivity contribution in [2.75, 3.05) is 0 Å². The highest BCUT2D eigenvalue weighted by Gasteiger charge is 2.34. The van der Waals surface area contributed by atoms with Crippen molar-refractivity contribution < 1.29 is 9.21 Å². The minimum Gasteiger partial charge on any atom is -0.456 e. The topological polar surface area (TPSA) is 58.4 Å². The van der Waals surface area contributed by atoms with Gasteiger partial charge in [0, 0.05) is 49.9 Å². The van der Waals surface area contributed by atoms with Crippen LogP contribution in [0.3, 0.4) is 0 Å². The fourth-order valence-corrected chi connectivity index (χ4v) is 8.28. The highest BCUT2D eigenvalue weighted by Crippen LogP contribution is 2.49. The molecule has 1 aliphatic heterocycles. The Balaban J connectivity index is 1.52. The van der Waals surface area contributed by atoms with Crippen LogP contribution in [0.15, 0.2) is 203 Å². The maximum Gasteiger partial charge on any atom is 0.152 e. The number of hydrogen-bond donors (Lipinski definition) is 1. The number of allylic oxidation sites excluding steroid dienone is 8. The third kappa shape index (κ3) is 6.31. The second kappa shape index (κ2) is 15.4. The number of H-pyrrole nitrogens is 1. The van der Waals surface area contributed by atoms with E-state index in [-0.39, 0.29) is 0 Å². The number of carbonyl (C=O) groups excluding carboxylic acids is 1. The minimum atomic E-state index is 0.575. The number of aromatic amines is 1. The lowest BCUT2D eigenvalue weighted by Gasteiger charge is -2.17. The van der Waals surface area contributed by atoms with E-state index < -0.39 is 0 Å². The van der Waals surface area contributed by atoms with E-state index in [9.17, 15) is 4.79 Å². The molecule has 4 heteroatoms. The third-order valence-corrected chi connectivity index (χ3v) is 10.7. The summed E-state index contributed by atoms with van der Waals surface area (Å²) in [6, 6.07) is 47.5. The van der Waals surface area contributed by atoms with E-state index in [2.05, 4.69) is 121 Å². The molecule has 0 fully saturated rings. The van der Waals surface area contributed by atoms with Gasteiger partial charge in [0.1, 0.15) is 11.3 Å². The van der Waals surface area contributed by atoms with Gasteiger partial charge in [-0.25, -0.2) is 4.99 Å². The molecule has 0 unspecified atom stereocenters. The molecule has 0 bridgehead atoms. The Bertz CT molecular complexity index is 2840. The first-order valence-electron chi connectivity index (χ1n) is 19.4. The van der Waals surface area contributed by atoms with Crippen LogP contribution < -0.4 is 0 Å². The molecule has 1 aliphatic carbocycles. The van der Waals surface area contributed by atoms with E-state index in [4.69, 9.17) is 9.41 Å². The summed E-state index contributed by atoms with van der Waals surface area (Å²) in [4.78, 5) is 23.1. The molecule has 0 amide bonds. The van der Waals surface area contributed by atoms with E-state index in [1.807, 2.05) is 73.7 Å². The van der Waals surface area contributed by atoms with Crippen molar-refractivity contribution in [3.63, 3.8) is 0 Å². The van der Waals surface area contributed by atoms with Gasteiger partial charge in [-0.05, 0) is 48.1 Å². The van der Waals surface area contributed by atoms with Crippen molar-refractivity contribution in [2.45, 2.75) is 19.8 Å². The first-order chi connectivity index (χ1) is 28.2. The predicted molar refractivity (Wildman–Crippen MR) is 236 cm³/mol. The quantitative estimate of drug-likeness (QED) is 0.112. The lowest BCUT2D eigenvalue weighted by molar-refractivity contribution is 0.112. The number of benzene rings is 5. The minimum absolute atomic E-state index is 0.575. The molecule has 0 atom stereocenters. The van der Waals surface area contributed by atoms with Crippen molar-refractivity contribution in [3.05, 3.63) is 233 Å². The highest BCUT2D eigenvalue weighted by atomic mass is 16.3. The largest absolute Gasteiger partial charge is 0.456 e. The van der Waals surface area contributed by atoms with Crippen LogP contribution in [0.4, 0.5) is 0 Å². The van der Waals surface area contributed by atoms with E-state index >= 15 is 0 Å². The smallest absolute Gasteiger partial charge is 0.152 e. The molecule has 4 nitrogen and oxygen atoms in total. The zero-order valence-corrected chi connectivity index (χ0v) is 31.7. The number of aromatic nitrogens is 1. The Kier molecular flexibility index (Phi) is 9.59. The van der Waals surface area contributed by atoms with Crippen LogP contribution >= 0.6 is 0 Å². The van der Waals surface area contributed by atoms with E-state index in [1.165, 1.54) is 5.56 Å². The monoisotopic (exact) mass is 736 g/mol. The number of fused-ring (bicyclic) bond motifs is 3. The highest BCUT2D eigenvalue weighted by molar-refractivity contribution is 6.27. The van der Waals surface area contributed by atoms with Crippen LogP contribution in [-0.2, 0) is 6.42 Å². The summed E-state index contributed by atoms with van der Waals surface area (Å²) in [5, 5.41) is 1.08. The van der Waals surface area contributed by atoms with Gasteiger partial charge in [0.2, 0.25) is 0 Å². The van der Waals surface area contributed by atoms with Gasteiger partial charge in [0.25, 0.3) is 0 Å². The maximum atomic E-state index is 13.5. The molecule has 0 saturated heterocycles. The molecule has 2 aliphatic rings. The van der Waals surface area contributed by atoms with Gasteiger partial charge in [-0.3, -0.25) is 4.79 Å². The number of hydrogen-bond acceptors (Lipinski definition) is 3. The third-order valence-electron chi connectivity index (χ3n) is 10.7. The molecular formula is C53H40N2O2. The van der Waals surface area contributed by atoms with Crippen LogP contribution in [-0.4, -0.2) is 17.0 Å². The van der Waals surface area contributed by atoms with Gasteiger partial charge in [-0.2, -0.15) is 0 Å². The van der Waals surface area contributed by atoms with Gasteiger partial charge < -0.3 is 9.40 Å². The average molecular weight is 737 g/mol. The first kappa shape index (κ1) is 35.4. The number of para-hydroxylation sites is 1. The van der Waals surface area contributed by atoms with Gasteiger partial charge >= 0.3 is 0 Å². The van der Waals surface area contributed by atoms with E-state index in [1.54, 1.807) is 0 Å². The second-order valence-corrected chi connectivity index (χ2v) is 14.1. The molecule has 2 aromatic heterocycles. The number of aldehydes is 1. The molecule has 1 N–H and O–H groups in total. The number of nitrogens with one attached hydrogen (secondary N) is 1. The van der Waals surface area contributed by atoms with Gasteiger partial charge in [0.15, 0.2) is 6.29 Å². The standard InChI is InChI=1S/C53H40N2O2/c1-3-20-35(21-4-2)46-47(37-24-11-6-12-25-37)52(55-50(46)39-28-15-8-16-29-39)48(42-32-19-31-41-40-30-17-18-33-44(40)57-53(41)42)51-45(36-22-9-5-10-23-36)43(34-56)49(54-51)38-26-13-7-14-27-38/h3-16,18-29,31-34,54H,1,17,30H2,2H3/b21-4-,35-20+,52-48-. The van der Waals surface area contributed by atoms with Crippen molar-refractivity contribution in [3.8, 4) is 22.4 Å². The number of rotatable bonds is 10. The van der Waals surface area contributed by atoms with Crippen molar-refractivity contribution >= 4 is 40.2 Å². The van der Waals surface area contributed by atoms with Crippen molar-refractivity contribution in [1.29, 1.82) is 0 Å². The molecule has 57 heavy (non-hydrogen) atoms. The molecule has 0 spiro atoms. The van der Waals surface area contributed by atoms with Crippen LogP contribution in [0.1, 0.15) is 57.4 Å². The Morgan fingerprint density at radius 1 is 0.772 bits per heavy atom. The Morgan fingerprint density at radius 2 is 1.42 bits per heavy atom. The fourth-order valence-electron chi connectivity index (χ4n) is 8.28. The van der Waals surface area contributed by atoms with Gasteiger partial charge in [-0.15, -0.1) is 0 Å². The molecule has 5 aromatic carbocycles. The summed E-state index contributed by atoms with van der Waals surface area (Å²) in [6.45, 7) is 6.15. The zero-order valence-electron chi connectivity index (χ0n) is 31.7. The Hall–Kier alpha value is -7.30. The molecule has 0 saturated carbocycles. The normalized spacial score (nSPS) is 15.0. The molecular weight excluding hydrogens is 697 g/mol. The SMILES string of the molecule is C=C/C=C(\C=C/C)C1=C(c2ccccc2)/C(=C(/c2[nH]c(-c3ccccc3)c(C=O)c2-c2ccccc2)c2cccc3c4c(oc23)C=CCC4)N=C1c1ccccc1. The average Bonchev–Trinajstić information content (AvgIpc) is 3.98. The van der Waals surface area contributed by atoms with E-state index in [0.29, 0.717) is 5.56 Å². The Morgan fingerprint density at radius 3 is 2.07 bits per heavy atom. The summed E-state index contributed by atoms with van der Waals surface area (Å²) in [5.41, 5.74) is 15.0. The molecule has 9 rings (SSSR count). The molecule has 3 heterocycles. The van der Waals surface area contributed by atoms with Crippen molar-refractivity contribution in [2.24, 2.45) is 4.99 Å². The summed E-state index contributed by atoms with van der Waals surface area (Å²) in [6.07, 6.45) is 15.2. The summed E-state index contributed by atoms with van der Waals surface area (Å²) >= 11 is 0. The lowest BCUT2D eigenvalue weighted by Crippen LogP contribution is -2.05. The number of furan rings is 1. The van der Waals surface area contributed by atoms with Crippen LogP contribution in [0.2, 0.25) is 0 Å². The zero-order chi connectivity index (χ0) is 38.7. The number of aliphatic imine (C=N–C) groups is 1. The fraction of sp³-hybridized carbons (Fsp3) is 0.0566. The van der Waals surface area contributed by atoms with Gasteiger partial charge in [-0.1, -0.05) is 176 Å². The number of nitrogens with zero attached hydrogens (tertiary/aromatic N) is 1. The van der Waals surface area contributed by atoms with Gasteiger partial charge in [0.05, 0.1) is 22.8 Å². The first-order valence-corrected chi connectivity index (χ1v) is 19.4. The van der Waals surface area contributed by atoms with Crippen LogP contribution in [0.5, 0.6) is 0 Å². The van der Waals surface area contributed by atoms with Crippen LogP contribution in [0.25, 0.3) is 50.6 Å². The second-order valence-electron chi connectivity index (χ2n) is 14.1. The summed E-state index contributed by atoms with van der Waals surface area (Å²) in [7, 11) is 0. The summed E-state index contributed by atoms with van der Waals surface area (Å²) in [5.74, 6) is 0.880. The maximum absolute atomic E-state index is 13.5. The summed E-state index contributed by atoms with van der Waals surface area (Å²) < 4.78 is 6.88. The number of aryl methyl sites for hydroxylation is 1. The molecule has 7 aromatic rings. The molecule has 0 radical (unpaired) electrons. The van der Waals surface area contributed by atoms with Crippen LogP contribution in [0, 0.1) is 0 Å². The number of carbonyl (C=O) groups is 1. The van der Waals surface area contributed by atoms with E-state index in [0.717, 1.165) is 114 Å².